The molecule has 0 fully saturated rings. The van der Waals surface area contributed by atoms with Gasteiger partial charge in [0.05, 0.1) is 19.0 Å². The molecule has 0 unspecified atom stereocenters. The molecule has 1 aromatic heterocycles. The highest BCUT2D eigenvalue weighted by Gasteiger charge is 2.08. The zero-order valence-corrected chi connectivity index (χ0v) is 19.1. The van der Waals surface area contributed by atoms with Crippen molar-refractivity contribution in [2.75, 3.05) is 12.5 Å². The van der Waals surface area contributed by atoms with Crippen LogP contribution >= 0.6 is 38.9 Å². The Bertz CT molecular complexity index is 1190. The van der Waals surface area contributed by atoms with Crippen molar-refractivity contribution in [2.45, 2.75) is 0 Å². The first-order valence-electron chi connectivity index (χ1n) is 9.07. The van der Waals surface area contributed by atoms with Gasteiger partial charge in [-0.3, -0.25) is 5.43 Å². The summed E-state index contributed by atoms with van der Waals surface area (Å²) in [6, 6.07) is 21.7. The molecule has 0 aliphatic heterocycles. The van der Waals surface area contributed by atoms with Crippen molar-refractivity contribution in [1.29, 1.82) is 0 Å². The van der Waals surface area contributed by atoms with E-state index in [0.717, 1.165) is 38.2 Å². The van der Waals surface area contributed by atoms with Gasteiger partial charge >= 0.3 is 0 Å². The number of benzene rings is 3. The number of hydrogen-bond acceptors (Lipinski definition) is 5. The number of thiazole rings is 1. The summed E-state index contributed by atoms with van der Waals surface area (Å²) in [6.45, 7) is 0. The van der Waals surface area contributed by atoms with Gasteiger partial charge in [-0.05, 0) is 41.5 Å². The summed E-state index contributed by atoms with van der Waals surface area (Å²) in [5.74, 6) is 0.748. The fraction of sp³-hybridized carbons (Fsp3) is 0.0435. The zero-order valence-electron chi connectivity index (χ0n) is 16.0. The molecule has 0 aliphatic rings. The lowest BCUT2D eigenvalue weighted by Gasteiger charge is -2.09. The number of nitrogens with zero attached hydrogens (tertiary/aromatic N) is 2. The highest BCUT2D eigenvalue weighted by atomic mass is 79.9. The van der Waals surface area contributed by atoms with Crippen LogP contribution in [0.4, 0.5) is 5.13 Å². The van der Waals surface area contributed by atoms with Crippen LogP contribution in [0.15, 0.2) is 81.7 Å². The quantitative estimate of drug-likeness (QED) is 0.223. The standard InChI is InChI=1S/C23H17BrClN3OS/c1-29-22-11-8-16(19-4-2-3-5-20(19)24)12-17(22)13-26-28-23-27-21(14-30-23)15-6-9-18(25)10-7-15/h2-14H,1H3,(H,27,28)/b26-13+. The predicted octanol–water partition coefficient (Wildman–Crippen LogP) is 7.35. The SMILES string of the molecule is COc1ccc(-c2ccccc2Br)cc1/C=N/Nc1nc(-c2ccc(Cl)cc2)cs1. The van der Waals surface area contributed by atoms with Crippen molar-refractivity contribution in [1.82, 2.24) is 4.98 Å². The predicted molar refractivity (Wildman–Crippen MR) is 130 cm³/mol. The van der Waals surface area contributed by atoms with Crippen LogP contribution in [-0.4, -0.2) is 18.3 Å². The van der Waals surface area contributed by atoms with Gasteiger partial charge in [-0.15, -0.1) is 11.3 Å². The van der Waals surface area contributed by atoms with E-state index < -0.39 is 0 Å². The molecule has 0 atom stereocenters. The van der Waals surface area contributed by atoms with Gasteiger partial charge < -0.3 is 4.74 Å². The lowest BCUT2D eigenvalue weighted by Crippen LogP contribution is -1.95. The normalized spacial score (nSPS) is 11.0. The van der Waals surface area contributed by atoms with Crippen LogP contribution < -0.4 is 10.2 Å². The summed E-state index contributed by atoms with van der Waals surface area (Å²) in [4.78, 5) is 4.57. The molecular formula is C23H17BrClN3OS. The van der Waals surface area contributed by atoms with Gasteiger partial charge in [0.25, 0.3) is 0 Å². The number of ether oxygens (including phenoxy) is 1. The Morgan fingerprint density at radius 1 is 1.07 bits per heavy atom. The monoisotopic (exact) mass is 497 g/mol. The summed E-state index contributed by atoms with van der Waals surface area (Å²) in [6.07, 6.45) is 1.74. The van der Waals surface area contributed by atoms with E-state index in [4.69, 9.17) is 16.3 Å². The van der Waals surface area contributed by atoms with Crippen LogP contribution in [0.3, 0.4) is 0 Å². The molecule has 0 radical (unpaired) electrons. The minimum atomic E-state index is 0.704. The summed E-state index contributed by atoms with van der Waals surface area (Å²) in [5.41, 5.74) is 7.94. The molecule has 7 heteroatoms. The molecule has 0 bridgehead atoms. The van der Waals surface area contributed by atoms with E-state index in [9.17, 15) is 0 Å². The first-order chi connectivity index (χ1) is 14.6. The lowest BCUT2D eigenvalue weighted by atomic mass is 10.0. The van der Waals surface area contributed by atoms with E-state index in [1.807, 2.05) is 66.0 Å². The van der Waals surface area contributed by atoms with E-state index in [2.05, 4.69) is 37.5 Å². The molecule has 4 aromatic rings. The van der Waals surface area contributed by atoms with Gasteiger partial charge in [0, 0.05) is 26.0 Å². The van der Waals surface area contributed by atoms with Crippen molar-refractivity contribution in [2.24, 2.45) is 5.10 Å². The topological polar surface area (TPSA) is 46.5 Å². The van der Waals surface area contributed by atoms with Gasteiger partial charge in [0.1, 0.15) is 5.75 Å². The minimum absolute atomic E-state index is 0.704. The molecule has 0 saturated heterocycles. The van der Waals surface area contributed by atoms with Crippen LogP contribution in [0, 0.1) is 0 Å². The van der Waals surface area contributed by atoms with E-state index in [0.29, 0.717) is 10.2 Å². The number of hydrogen-bond donors (Lipinski definition) is 1. The fourth-order valence-electron chi connectivity index (χ4n) is 2.93. The van der Waals surface area contributed by atoms with E-state index in [-0.39, 0.29) is 0 Å². The average molecular weight is 499 g/mol. The Balaban J connectivity index is 1.53. The number of anilines is 1. The number of halogens is 2. The van der Waals surface area contributed by atoms with Gasteiger partial charge in [0.15, 0.2) is 0 Å². The molecule has 3 aromatic carbocycles. The number of methoxy groups -OCH3 is 1. The number of hydrazone groups is 1. The maximum Gasteiger partial charge on any atom is 0.203 e. The molecule has 4 rings (SSSR count). The molecule has 1 N–H and O–H groups in total. The molecule has 0 aliphatic carbocycles. The van der Waals surface area contributed by atoms with E-state index in [1.54, 1.807) is 13.3 Å². The van der Waals surface area contributed by atoms with Gasteiger partial charge in [-0.2, -0.15) is 5.10 Å². The Labute approximate surface area is 192 Å². The van der Waals surface area contributed by atoms with Crippen molar-refractivity contribution in [3.8, 4) is 28.1 Å². The van der Waals surface area contributed by atoms with Crippen LogP contribution in [0.25, 0.3) is 22.4 Å². The van der Waals surface area contributed by atoms with E-state index in [1.165, 1.54) is 11.3 Å². The molecule has 4 nitrogen and oxygen atoms in total. The largest absolute Gasteiger partial charge is 0.496 e. The fourth-order valence-corrected chi connectivity index (χ4v) is 4.24. The minimum Gasteiger partial charge on any atom is -0.496 e. The number of nitrogens with one attached hydrogen (secondary N) is 1. The number of aromatic nitrogens is 1. The van der Waals surface area contributed by atoms with Crippen molar-refractivity contribution >= 4 is 50.2 Å². The molecule has 150 valence electrons. The zero-order chi connectivity index (χ0) is 20.9. The maximum absolute atomic E-state index is 5.95. The first-order valence-corrected chi connectivity index (χ1v) is 11.1. The van der Waals surface area contributed by atoms with Gasteiger partial charge in [0.2, 0.25) is 5.13 Å². The van der Waals surface area contributed by atoms with Crippen LogP contribution in [0.2, 0.25) is 5.02 Å². The third kappa shape index (κ3) is 4.73. The lowest BCUT2D eigenvalue weighted by molar-refractivity contribution is 0.414. The van der Waals surface area contributed by atoms with Crippen molar-refractivity contribution in [3.05, 3.63) is 87.2 Å². The highest BCUT2D eigenvalue weighted by molar-refractivity contribution is 9.10. The van der Waals surface area contributed by atoms with Gasteiger partial charge in [-0.1, -0.05) is 63.9 Å². The van der Waals surface area contributed by atoms with Crippen LogP contribution in [0.1, 0.15) is 5.56 Å². The second kappa shape index (κ2) is 9.43. The smallest absolute Gasteiger partial charge is 0.203 e. The third-order valence-corrected chi connectivity index (χ3v) is 6.11. The Hall–Kier alpha value is -2.67. The second-order valence-corrected chi connectivity index (χ2v) is 8.50. The summed E-state index contributed by atoms with van der Waals surface area (Å²) >= 11 is 11.1. The first kappa shape index (κ1) is 20.6. The highest BCUT2D eigenvalue weighted by Crippen LogP contribution is 2.31. The summed E-state index contributed by atoms with van der Waals surface area (Å²) < 4.78 is 6.52. The van der Waals surface area contributed by atoms with Crippen LogP contribution in [-0.2, 0) is 0 Å². The van der Waals surface area contributed by atoms with Crippen molar-refractivity contribution < 1.29 is 4.74 Å². The molecule has 1 heterocycles. The summed E-state index contributed by atoms with van der Waals surface area (Å²) in [5, 5.41) is 7.75. The van der Waals surface area contributed by atoms with Crippen LogP contribution in [0.5, 0.6) is 5.75 Å². The van der Waals surface area contributed by atoms with Crippen molar-refractivity contribution in [3.63, 3.8) is 0 Å². The number of rotatable bonds is 6. The Morgan fingerprint density at radius 2 is 1.83 bits per heavy atom. The molecular weight excluding hydrogens is 482 g/mol. The Morgan fingerprint density at radius 3 is 2.60 bits per heavy atom. The molecule has 0 spiro atoms. The van der Waals surface area contributed by atoms with Gasteiger partial charge in [-0.25, -0.2) is 4.98 Å². The van der Waals surface area contributed by atoms with E-state index >= 15 is 0 Å². The average Bonchev–Trinajstić information content (AvgIpc) is 3.23. The summed E-state index contributed by atoms with van der Waals surface area (Å²) in [7, 11) is 1.65. The molecule has 30 heavy (non-hydrogen) atoms. The molecule has 0 amide bonds. The molecule has 0 saturated carbocycles. The Kier molecular flexibility index (Phi) is 6.47. The maximum atomic E-state index is 5.95. The second-order valence-electron chi connectivity index (χ2n) is 6.35. The third-order valence-electron chi connectivity index (χ3n) is 4.42.